The minimum Gasteiger partial charge on any atom is -0.337 e. The Bertz CT molecular complexity index is 1130. The van der Waals surface area contributed by atoms with Crippen molar-refractivity contribution in [1.82, 2.24) is 28.9 Å². The quantitative estimate of drug-likeness (QED) is 0.527. The first-order valence-corrected chi connectivity index (χ1v) is 13.6. The number of imidazole rings is 1. The van der Waals surface area contributed by atoms with Crippen LogP contribution in [0.5, 0.6) is 0 Å². The van der Waals surface area contributed by atoms with Crippen LogP contribution in [0.3, 0.4) is 0 Å². The number of amides is 1. The monoisotopic (exact) mass is 486 g/mol. The van der Waals surface area contributed by atoms with Crippen molar-refractivity contribution in [3.63, 3.8) is 0 Å². The summed E-state index contributed by atoms with van der Waals surface area (Å²) in [6.45, 7) is 12.8. The second kappa shape index (κ2) is 11.1. The van der Waals surface area contributed by atoms with Gasteiger partial charge in [0.25, 0.3) is 5.56 Å². The van der Waals surface area contributed by atoms with E-state index in [1.165, 1.54) is 0 Å². The average Bonchev–Trinajstić information content (AvgIpc) is 3.59. The van der Waals surface area contributed by atoms with Gasteiger partial charge < -0.3 is 14.4 Å². The lowest BCUT2D eigenvalue weighted by atomic mass is 10.0. The van der Waals surface area contributed by atoms with Crippen molar-refractivity contribution in [2.24, 2.45) is 5.92 Å². The number of aryl methyl sites for hydroxylation is 2. The molecule has 2 fully saturated rings. The van der Waals surface area contributed by atoms with Gasteiger partial charge in [0.05, 0.1) is 0 Å². The van der Waals surface area contributed by atoms with E-state index in [0.29, 0.717) is 55.1 Å². The van der Waals surface area contributed by atoms with Crippen LogP contribution in [-0.4, -0.2) is 66.5 Å². The minimum atomic E-state index is -0.411. The van der Waals surface area contributed by atoms with Crippen LogP contribution >= 0.6 is 0 Å². The van der Waals surface area contributed by atoms with Gasteiger partial charge in [0.1, 0.15) is 5.82 Å². The highest BCUT2D eigenvalue weighted by molar-refractivity contribution is 5.78. The molecule has 0 unspecified atom stereocenters. The maximum absolute atomic E-state index is 13.5. The highest BCUT2D eigenvalue weighted by atomic mass is 16.2. The van der Waals surface area contributed by atoms with Gasteiger partial charge in [0, 0.05) is 51.1 Å². The van der Waals surface area contributed by atoms with Gasteiger partial charge in [-0.15, -0.1) is 0 Å². The molecule has 0 bridgehead atoms. The van der Waals surface area contributed by atoms with Crippen molar-refractivity contribution in [3.8, 4) is 0 Å². The lowest BCUT2D eigenvalue weighted by Crippen LogP contribution is -2.48. The number of carbonyl (C=O) groups is 1. The van der Waals surface area contributed by atoms with Crippen LogP contribution in [0, 0.1) is 5.92 Å². The molecule has 1 saturated carbocycles. The molecule has 2 aromatic heterocycles. The van der Waals surface area contributed by atoms with Gasteiger partial charge in [0.2, 0.25) is 5.91 Å². The molecule has 0 aromatic carbocycles. The number of unbranched alkanes of at least 4 members (excludes halogenated alkanes) is 1. The summed E-state index contributed by atoms with van der Waals surface area (Å²) in [5.74, 6) is 1.21. The van der Waals surface area contributed by atoms with Gasteiger partial charge in [-0.25, -0.2) is 9.78 Å². The molecule has 35 heavy (non-hydrogen) atoms. The molecule has 9 nitrogen and oxygen atoms in total. The van der Waals surface area contributed by atoms with Gasteiger partial charge in [-0.3, -0.25) is 19.1 Å². The van der Waals surface area contributed by atoms with Crippen molar-refractivity contribution in [3.05, 3.63) is 26.7 Å². The normalized spacial score (nSPS) is 17.5. The lowest BCUT2D eigenvalue weighted by molar-refractivity contribution is -0.135. The largest absolute Gasteiger partial charge is 0.337 e. The van der Waals surface area contributed by atoms with Crippen LogP contribution in [0.25, 0.3) is 11.2 Å². The molecule has 194 valence electrons. The van der Waals surface area contributed by atoms with E-state index in [1.807, 2.05) is 4.57 Å². The SMILES string of the molecule is CCCCn1c(=O)[nH]c(=O)c2c1nc(CCC(=O)N(C1CC1)C1CCN(CC)CC1)n2CC(C)C. The molecule has 9 heteroatoms. The number of nitrogens with zero attached hydrogens (tertiary/aromatic N) is 5. The van der Waals surface area contributed by atoms with Crippen LogP contribution < -0.4 is 11.2 Å². The Hall–Kier alpha value is -2.42. The number of fused-ring (bicyclic) bond motifs is 1. The van der Waals surface area contributed by atoms with Crippen molar-refractivity contribution in [2.45, 2.75) is 104 Å². The van der Waals surface area contributed by atoms with Crippen LogP contribution in [0.1, 0.15) is 78.5 Å². The number of nitrogens with one attached hydrogen (secondary N) is 1. The van der Waals surface area contributed by atoms with Crippen molar-refractivity contribution >= 4 is 17.1 Å². The zero-order valence-electron chi connectivity index (χ0n) is 21.9. The lowest BCUT2D eigenvalue weighted by Gasteiger charge is -2.38. The minimum absolute atomic E-state index is 0.197. The summed E-state index contributed by atoms with van der Waals surface area (Å²) in [6.07, 6.45) is 6.91. The number of likely N-dealkylation sites (tertiary alicyclic amines) is 1. The van der Waals surface area contributed by atoms with E-state index in [9.17, 15) is 14.4 Å². The second-order valence-corrected chi connectivity index (χ2v) is 10.7. The number of aromatic amines is 1. The Morgan fingerprint density at radius 1 is 1.09 bits per heavy atom. The summed E-state index contributed by atoms with van der Waals surface area (Å²) in [5.41, 5.74) is 0.0843. The van der Waals surface area contributed by atoms with Gasteiger partial charge in [-0.05, 0) is 44.6 Å². The van der Waals surface area contributed by atoms with Gasteiger partial charge in [0.15, 0.2) is 11.2 Å². The van der Waals surface area contributed by atoms with Crippen molar-refractivity contribution in [2.75, 3.05) is 19.6 Å². The first-order valence-electron chi connectivity index (χ1n) is 13.6. The number of hydrogen-bond acceptors (Lipinski definition) is 5. The average molecular weight is 487 g/mol. The molecule has 1 saturated heterocycles. The summed E-state index contributed by atoms with van der Waals surface area (Å²) < 4.78 is 3.52. The first kappa shape index (κ1) is 25.7. The third kappa shape index (κ3) is 5.71. The van der Waals surface area contributed by atoms with E-state index >= 15 is 0 Å². The third-order valence-electron chi connectivity index (χ3n) is 7.44. The number of piperidine rings is 1. The Labute approximate surface area is 207 Å². The number of H-pyrrole nitrogens is 1. The van der Waals surface area contributed by atoms with Gasteiger partial charge in [-0.2, -0.15) is 0 Å². The van der Waals surface area contributed by atoms with E-state index in [2.05, 4.69) is 42.5 Å². The predicted octanol–water partition coefficient (Wildman–Crippen LogP) is 2.75. The van der Waals surface area contributed by atoms with E-state index in [1.54, 1.807) is 4.57 Å². The van der Waals surface area contributed by atoms with Crippen molar-refractivity contribution in [1.29, 1.82) is 0 Å². The topological polar surface area (TPSA) is 96.2 Å². The van der Waals surface area contributed by atoms with Gasteiger partial charge in [-0.1, -0.05) is 34.1 Å². The fourth-order valence-electron chi connectivity index (χ4n) is 5.41. The Morgan fingerprint density at radius 2 is 1.77 bits per heavy atom. The summed E-state index contributed by atoms with van der Waals surface area (Å²) in [5, 5.41) is 0. The standard InChI is InChI=1S/C26H42N6O3/c1-5-7-14-30-24-23(25(34)28-26(30)35)31(17-18(3)4)21(27-24)10-11-22(33)32(19-8-9-19)20-12-15-29(6-2)16-13-20/h18-20H,5-17H2,1-4H3,(H,28,34,35). The Morgan fingerprint density at radius 3 is 2.37 bits per heavy atom. The summed E-state index contributed by atoms with van der Waals surface area (Å²) >= 11 is 0. The van der Waals surface area contributed by atoms with Gasteiger partial charge >= 0.3 is 5.69 Å². The van der Waals surface area contributed by atoms with Crippen LogP contribution in [0.2, 0.25) is 0 Å². The fourth-order valence-corrected chi connectivity index (χ4v) is 5.41. The Kier molecular flexibility index (Phi) is 8.14. The predicted molar refractivity (Wildman–Crippen MR) is 138 cm³/mol. The zero-order chi connectivity index (χ0) is 25.1. The van der Waals surface area contributed by atoms with Crippen molar-refractivity contribution < 1.29 is 4.79 Å². The number of rotatable bonds is 11. The smallest absolute Gasteiger partial charge is 0.330 e. The maximum Gasteiger partial charge on any atom is 0.330 e. The molecular weight excluding hydrogens is 444 g/mol. The van der Waals surface area contributed by atoms with Crippen LogP contribution in [-0.2, 0) is 24.3 Å². The molecule has 1 amide bonds. The molecule has 0 radical (unpaired) electrons. The van der Waals surface area contributed by atoms with Crippen LogP contribution in [0.4, 0.5) is 0 Å². The summed E-state index contributed by atoms with van der Waals surface area (Å²) in [7, 11) is 0. The molecule has 2 aliphatic rings. The van der Waals surface area contributed by atoms with Crippen LogP contribution in [0.15, 0.2) is 9.59 Å². The molecule has 1 N–H and O–H groups in total. The van der Waals surface area contributed by atoms with E-state index in [0.717, 1.165) is 64.0 Å². The number of aromatic nitrogens is 4. The Balaban J connectivity index is 1.59. The molecule has 0 spiro atoms. The van der Waals surface area contributed by atoms with E-state index < -0.39 is 11.2 Å². The molecule has 1 aliphatic heterocycles. The number of hydrogen-bond donors (Lipinski definition) is 1. The fraction of sp³-hybridized carbons (Fsp3) is 0.769. The zero-order valence-corrected chi connectivity index (χ0v) is 21.9. The molecule has 4 rings (SSSR count). The molecule has 3 heterocycles. The second-order valence-electron chi connectivity index (χ2n) is 10.7. The first-order chi connectivity index (χ1) is 16.8. The maximum atomic E-state index is 13.5. The highest BCUT2D eigenvalue weighted by Gasteiger charge is 2.38. The van der Waals surface area contributed by atoms with E-state index in [-0.39, 0.29) is 5.91 Å². The molecule has 0 atom stereocenters. The third-order valence-corrected chi connectivity index (χ3v) is 7.44. The number of carbonyl (C=O) groups excluding carboxylic acids is 1. The van der Waals surface area contributed by atoms with E-state index in [4.69, 9.17) is 4.98 Å². The molecule has 2 aromatic rings. The summed E-state index contributed by atoms with van der Waals surface area (Å²) in [6, 6.07) is 0.714. The summed E-state index contributed by atoms with van der Waals surface area (Å²) in [4.78, 5) is 50.8. The molecular formula is C26H42N6O3. The molecule has 1 aliphatic carbocycles. The highest BCUT2D eigenvalue weighted by Crippen LogP contribution is 2.32.